The lowest BCUT2D eigenvalue weighted by Crippen LogP contribution is -2.65. The van der Waals surface area contributed by atoms with Crippen molar-refractivity contribution < 1.29 is 64.6 Å². The maximum Gasteiger partial charge on any atom is 0.220 e. The molecule has 9 N–H and O–H groups in total. The number of hydrogen-bond acceptors (Lipinski definition) is 13. The highest BCUT2D eigenvalue weighted by atomic mass is 16.7. The highest BCUT2D eigenvalue weighted by molar-refractivity contribution is 5.76. The standard InChI is InChI=1S/C50H97NO13/c1-3-5-7-9-11-13-15-17-18-19-20-21-22-24-26-28-30-32-34-42(55)51-38(39(54)33-31-29-27-25-23-16-14-12-10-8-6-4-2)37-61-49-47(60)45(58)48(41(36-53)63-49)64-50-46(59)44(57)43(56)40(35-52)62-50/h38-41,43-50,52-54,56-60H,3-37H2,1-2H3,(H,51,55)/t38-,39+,40+,41+,43-,44?,45?,46?,47?,48+,49+,50-/m0/s1. The number of amides is 1. The summed E-state index contributed by atoms with van der Waals surface area (Å²) in [5.41, 5.74) is 0. The van der Waals surface area contributed by atoms with Crippen molar-refractivity contribution >= 4 is 5.91 Å². The first-order valence-corrected chi connectivity index (χ1v) is 26.3. The summed E-state index contributed by atoms with van der Waals surface area (Å²) in [7, 11) is 0. The SMILES string of the molecule is CCCCCCCCCCCCCCCCCCCCC(=O)N[C@@H](CO[C@@H]1O[C@H](CO)[C@@H](O[C@@H]2O[C@H](CO)[C@H](O)C(O)C2O)C(O)C1O)[C@H](O)CCCCCCCCCCCCCC. The topological polar surface area (TPSA) is 228 Å². The zero-order valence-electron chi connectivity index (χ0n) is 40.3. The molecule has 0 aromatic rings. The van der Waals surface area contributed by atoms with Gasteiger partial charge in [0.25, 0.3) is 0 Å². The average molecular weight is 920 g/mol. The molecule has 0 saturated carbocycles. The molecule has 2 saturated heterocycles. The van der Waals surface area contributed by atoms with Crippen molar-refractivity contribution in [3.8, 4) is 0 Å². The summed E-state index contributed by atoms with van der Waals surface area (Å²) in [6.45, 7) is 2.86. The summed E-state index contributed by atoms with van der Waals surface area (Å²) in [6, 6.07) is -0.820. The van der Waals surface area contributed by atoms with Crippen LogP contribution in [0.3, 0.4) is 0 Å². The van der Waals surface area contributed by atoms with Crippen LogP contribution in [0.15, 0.2) is 0 Å². The molecule has 2 heterocycles. The van der Waals surface area contributed by atoms with Gasteiger partial charge in [-0.2, -0.15) is 0 Å². The van der Waals surface area contributed by atoms with Crippen LogP contribution in [0.5, 0.6) is 0 Å². The van der Waals surface area contributed by atoms with Crippen molar-refractivity contribution in [3.05, 3.63) is 0 Å². The van der Waals surface area contributed by atoms with Gasteiger partial charge in [-0.05, 0) is 12.8 Å². The number of aliphatic hydroxyl groups excluding tert-OH is 8. The quantitative estimate of drug-likeness (QED) is 0.0282. The molecular weight excluding hydrogens is 823 g/mol. The van der Waals surface area contributed by atoms with Crippen molar-refractivity contribution in [1.29, 1.82) is 0 Å². The summed E-state index contributed by atoms with van der Waals surface area (Å²) in [5.74, 6) is -0.204. The number of ether oxygens (including phenoxy) is 4. The average Bonchev–Trinajstić information content (AvgIpc) is 3.29. The van der Waals surface area contributed by atoms with Crippen LogP contribution in [-0.4, -0.2) is 140 Å². The van der Waals surface area contributed by atoms with Crippen molar-refractivity contribution in [2.24, 2.45) is 0 Å². The maximum atomic E-state index is 13.2. The molecule has 4 unspecified atom stereocenters. The number of aliphatic hydroxyl groups is 8. The molecule has 64 heavy (non-hydrogen) atoms. The highest BCUT2D eigenvalue weighted by Gasteiger charge is 2.51. The van der Waals surface area contributed by atoms with Crippen LogP contribution in [0.25, 0.3) is 0 Å². The van der Waals surface area contributed by atoms with Crippen molar-refractivity contribution in [2.45, 2.75) is 293 Å². The second-order valence-corrected chi connectivity index (χ2v) is 19.0. The van der Waals surface area contributed by atoms with Crippen molar-refractivity contribution in [1.82, 2.24) is 5.32 Å². The Hall–Kier alpha value is -1.01. The van der Waals surface area contributed by atoms with E-state index in [0.717, 1.165) is 51.4 Å². The van der Waals surface area contributed by atoms with E-state index < -0.39 is 86.8 Å². The molecule has 14 nitrogen and oxygen atoms in total. The van der Waals surface area contributed by atoms with E-state index in [2.05, 4.69) is 19.2 Å². The Morgan fingerprint density at radius 2 is 0.891 bits per heavy atom. The van der Waals surface area contributed by atoms with E-state index in [1.807, 2.05) is 0 Å². The number of rotatable bonds is 41. The minimum atomic E-state index is -1.78. The summed E-state index contributed by atoms with van der Waals surface area (Å²) < 4.78 is 22.7. The fraction of sp³-hybridized carbons (Fsp3) is 0.980. The molecule has 0 spiro atoms. The van der Waals surface area contributed by atoms with Gasteiger partial charge in [0.05, 0.1) is 32.0 Å². The number of carbonyl (C=O) groups is 1. The normalized spacial score (nSPS) is 27.2. The van der Waals surface area contributed by atoms with Gasteiger partial charge in [0.15, 0.2) is 12.6 Å². The van der Waals surface area contributed by atoms with Crippen LogP contribution in [0.2, 0.25) is 0 Å². The molecule has 2 aliphatic heterocycles. The minimum Gasteiger partial charge on any atom is -0.394 e. The van der Waals surface area contributed by atoms with Crippen LogP contribution in [-0.2, 0) is 23.7 Å². The lowest BCUT2D eigenvalue weighted by atomic mass is 9.97. The molecule has 380 valence electrons. The first-order chi connectivity index (χ1) is 31.1. The van der Waals surface area contributed by atoms with E-state index in [1.165, 1.54) is 141 Å². The Kier molecular flexibility index (Phi) is 35.0. The van der Waals surface area contributed by atoms with Gasteiger partial charge in [-0.25, -0.2) is 0 Å². The molecule has 0 bridgehead atoms. The molecule has 0 aliphatic carbocycles. The van der Waals surface area contributed by atoms with Crippen LogP contribution >= 0.6 is 0 Å². The van der Waals surface area contributed by atoms with E-state index in [4.69, 9.17) is 18.9 Å². The first-order valence-electron chi connectivity index (χ1n) is 26.3. The Labute approximate surface area is 387 Å². The van der Waals surface area contributed by atoms with E-state index in [9.17, 15) is 45.6 Å². The molecule has 0 aromatic carbocycles. The van der Waals surface area contributed by atoms with E-state index in [1.54, 1.807) is 0 Å². The largest absolute Gasteiger partial charge is 0.394 e. The molecule has 1 amide bonds. The van der Waals surface area contributed by atoms with Gasteiger partial charge < -0.3 is 65.1 Å². The van der Waals surface area contributed by atoms with Crippen molar-refractivity contribution in [2.75, 3.05) is 19.8 Å². The van der Waals surface area contributed by atoms with Gasteiger partial charge in [0.1, 0.15) is 48.8 Å². The Bertz CT molecular complexity index is 1090. The Balaban J connectivity index is 1.80. The van der Waals surface area contributed by atoms with Gasteiger partial charge >= 0.3 is 0 Å². The number of nitrogens with one attached hydrogen (secondary N) is 1. The second-order valence-electron chi connectivity index (χ2n) is 19.0. The van der Waals surface area contributed by atoms with E-state index >= 15 is 0 Å². The van der Waals surface area contributed by atoms with Gasteiger partial charge in [-0.15, -0.1) is 0 Å². The highest BCUT2D eigenvalue weighted by Crippen LogP contribution is 2.30. The zero-order valence-corrected chi connectivity index (χ0v) is 40.3. The Morgan fingerprint density at radius 1 is 0.500 bits per heavy atom. The molecule has 2 rings (SSSR count). The predicted molar refractivity (Wildman–Crippen MR) is 249 cm³/mol. The lowest BCUT2D eigenvalue weighted by molar-refractivity contribution is -0.359. The molecular formula is C50H97NO13. The predicted octanol–water partition coefficient (Wildman–Crippen LogP) is 7.00. The molecule has 14 heteroatoms. The zero-order chi connectivity index (χ0) is 46.8. The Morgan fingerprint density at radius 3 is 1.33 bits per heavy atom. The smallest absolute Gasteiger partial charge is 0.220 e. The molecule has 2 aliphatic rings. The molecule has 0 aromatic heterocycles. The van der Waals surface area contributed by atoms with Crippen LogP contribution < -0.4 is 5.32 Å². The van der Waals surface area contributed by atoms with Gasteiger partial charge in [-0.1, -0.05) is 200 Å². The fourth-order valence-corrected chi connectivity index (χ4v) is 9.00. The number of unbranched alkanes of at least 4 members (excludes halogenated alkanes) is 28. The van der Waals surface area contributed by atoms with E-state index in [0.29, 0.717) is 12.8 Å². The maximum absolute atomic E-state index is 13.2. The number of hydrogen-bond donors (Lipinski definition) is 9. The monoisotopic (exact) mass is 920 g/mol. The third-order valence-electron chi connectivity index (χ3n) is 13.3. The third kappa shape index (κ3) is 24.8. The first kappa shape index (κ1) is 59.1. The molecule has 12 atom stereocenters. The van der Waals surface area contributed by atoms with Gasteiger partial charge in [0, 0.05) is 6.42 Å². The third-order valence-corrected chi connectivity index (χ3v) is 13.3. The second kappa shape index (κ2) is 37.9. The lowest BCUT2D eigenvalue weighted by Gasteiger charge is -2.46. The van der Waals surface area contributed by atoms with Crippen LogP contribution in [0, 0.1) is 0 Å². The molecule has 2 fully saturated rings. The van der Waals surface area contributed by atoms with Gasteiger partial charge in [-0.3, -0.25) is 4.79 Å². The van der Waals surface area contributed by atoms with Gasteiger partial charge in [0.2, 0.25) is 5.91 Å². The summed E-state index contributed by atoms with van der Waals surface area (Å²) in [6.07, 6.45) is 21.0. The number of carbonyl (C=O) groups excluding carboxylic acids is 1. The minimum absolute atomic E-state index is 0.204. The molecule has 0 radical (unpaired) electrons. The summed E-state index contributed by atoms with van der Waals surface area (Å²) in [5, 5.41) is 86.9. The van der Waals surface area contributed by atoms with E-state index in [-0.39, 0.29) is 12.5 Å². The fourth-order valence-electron chi connectivity index (χ4n) is 9.00. The van der Waals surface area contributed by atoms with Crippen LogP contribution in [0.1, 0.15) is 219 Å². The van der Waals surface area contributed by atoms with Crippen molar-refractivity contribution in [3.63, 3.8) is 0 Å². The summed E-state index contributed by atoms with van der Waals surface area (Å²) in [4.78, 5) is 13.2. The van der Waals surface area contributed by atoms with Crippen LogP contribution in [0.4, 0.5) is 0 Å². The summed E-state index contributed by atoms with van der Waals surface area (Å²) >= 11 is 0.